The normalized spacial score (nSPS) is 13.3. The van der Waals surface area contributed by atoms with Gasteiger partial charge in [0.2, 0.25) is 12.4 Å². The second-order valence-corrected chi connectivity index (χ2v) is 9.40. The molecule has 1 aliphatic heterocycles. The lowest BCUT2D eigenvalue weighted by molar-refractivity contribution is -0.118. The lowest BCUT2D eigenvalue weighted by atomic mass is 10.1. The Labute approximate surface area is 231 Å². The number of amides is 2. The maximum Gasteiger partial charge on any atom is 0.256 e. The number of rotatable bonds is 8. The van der Waals surface area contributed by atoms with E-state index in [-0.39, 0.29) is 11.5 Å². The monoisotopic (exact) mass is 542 g/mol. The fraction of sp³-hybridized carbons (Fsp3) is 0.276. The summed E-state index contributed by atoms with van der Waals surface area (Å²) in [5.41, 5.74) is 2.89. The summed E-state index contributed by atoms with van der Waals surface area (Å²) >= 11 is 0. The first-order valence-electron chi connectivity index (χ1n) is 12.9. The van der Waals surface area contributed by atoms with Gasteiger partial charge in [-0.3, -0.25) is 19.0 Å². The van der Waals surface area contributed by atoms with E-state index in [9.17, 15) is 14.4 Å². The zero-order valence-corrected chi connectivity index (χ0v) is 22.6. The summed E-state index contributed by atoms with van der Waals surface area (Å²) in [4.78, 5) is 50.1. The van der Waals surface area contributed by atoms with Crippen molar-refractivity contribution in [2.24, 2.45) is 0 Å². The topological polar surface area (TPSA) is 119 Å². The molecule has 4 aromatic rings. The number of carbonyl (C=O) groups is 2. The molecule has 11 nitrogen and oxygen atoms in total. The average Bonchev–Trinajstić information content (AvgIpc) is 2.99. The molecule has 3 heterocycles. The predicted molar refractivity (Wildman–Crippen MR) is 150 cm³/mol. The number of anilines is 1. The van der Waals surface area contributed by atoms with Crippen LogP contribution in [-0.2, 0) is 11.3 Å². The Balaban J connectivity index is 1.38. The number of aryl methyl sites for hydroxylation is 1. The maximum absolute atomic E-state index is 13.0. The summed E-state index contributed by atoms with van der Waals surface area (Å²) < 4.78 is 12.1. The van der Waals surface area contributed by atoms with E-state index < -0.39 is 0 Å². The quantitative estimate of drug-likeness (QED) is 0.337. The van der Waals surface area contributed by atoms with E-state index in [1.54, 1.807) is 55.5 Å². The molecule has 0 aliphatic carbocycles. The van der Waals surface area contributed by atoms with Gasteiger partial charge in [0.25, 0.3) is 11.5 Å². The van der Waals surface area contributed by atoms with Crippen LogP contribution in [-0.4, -0.2) is 72.2 Å². The van der Waals surface area contributed by atoms with Crippen molar-refractivity contribution in [2.45, 2.75) is 13.5 Å². The number of benzene rings is 2. The fourth-order valence-corrected chi connectivity index (χ4v) is 4.71. The molecule has 206 valence electrons. The molecule has 2 amide bonds. The van der Waals surface area contributed by atoms with Crippen molar-refractivity contribution in [1.82, 2.24) is 24.8 Å². The van der Waals surface area contributed by atoms with Gasteiger partial charge in [-0.15, -0.1) is 0 Å². The molecule has 1 N–H and O–H groups in total. The van der Waals surface area contributed by atoms with E-state index in [1.807, 2.05) is 24.0 Å². The maximum atomic E-state index is 13.0. The number of piperazine rings is 1. The molecule has 0 unspecified atom stereocenters. The minimum atomic E-state index is -0.249. The molecule has 0 atom stereocenters. The van der Waals surface area contributed by atoms with Gasteiger partial charge in [-0.1, -0.05) is 6.07 Å². The van der Waals surface area contributed by atoms with Gasteiger partial charge in [0.05, 0.1) is 25.6 Å². The zero-order valence-electron chi connectivity index (χ0n) is 22.6. The summed E-state index contributed by atoms with van der Waals surface area (Å²) in [6.07, 6.45) is 0.849. The standard InChI is InChI=1S/C29H30N6O5/c1-19-23-9-11-26(37)35(27(23)32-29(31-19)34-14-12-33(18-36)13-15-34)22-7-5-21(6-8-22)28(38)30-17-20-4-10-24(39-2)25(16-20)40-3/h4-11,16,18H,12-15,17H2,1-3H3,(H,30,38). The van der Waals surface area contributed by atoms with Crippen LogP contribution in [0.3, 0.4) is 0 Å². The third-order valence-electron chi connectivity index (χ3n) is 6.96. The highest BCUT2D eigenvalue weighted by molar-refractivity contribution is 5.94. The lowest BCUT2D eigenvalue weighted by Crippen LogP contribution is -2.46. The Hall–Kier alpha value is -4.93. The third-order valence-corrected chi connectivity index (χ3v) is 6.96. The Bertz CT molecular complexity index is 1610. The van der Waals surface area contributed by atoms with Crippen molar-refractivity contribution < 1.29 is 19.1 Å². The molecule has 0 saturated carbocycles. The van der Waals surface area contributed by atoms with Crippen LogP contribution in [0, 0.1) is 6.92 Å². The number of hydrogen-bond donors (Lipinski definition) is 1. The highest BCUT2D eigenvalue weighted by Gasteiger charge is 2.20. The van der Waals surface area contributed by atoms with E-state index in [0.717, 1.165) is 23.1 Å². The van der Waals surface area contributed by atoms with Crippen molar-refractivity contribution in [3.05, 3.63) is 81.8 Å². The van der Waals surface area contributed by atoms with Gasteiger partial charge >= 0.3 is 0 Å². The number of methoxy groups -OCH3 is 2. The van der Waals surface area contributed by atoms with Crippen LogP contribution < -0.4 is 25.2 Å². The Morgan fingerprint density at radius 2 is 1.68 bits per heavy atom. The number of ether oxygens (including phenoxy) is 2. The van der Waals surface area contributed by atoms with Crippen LogP contribution in [0.4, 0.5) is 5.95 Å². The Kier molecular flexibility index (Phi) is 7.63. The summed E-state index contributed by atoms with van der Waals surface area (Å²) in [6, 6.07) is 15.5. The van der Waals surface area contributed by atoms with Gasteiger partial charge in [0.15, 0.2) is 17.1 Å². The first-order valence-corrected chi connectivity index (χ1v) is 12.9. The number of carbonyl (C=O) groups excluding carboxylic acids is 2. The van der Waals surface area contributed by atoms with Gasteiger partial charge < -0.3 is 24.6 Å². The van der Waals surface area contributed by atoms with E-state index >= 15 is 0 Å². The molecule has 2 aromatic carbocycles. The van der Waals surface area contributed by atoms with E-state index in [4.69, 9.17) is 14.5 Å². The lowest BCUT2D eigenvalue weighted by Gasteiger charge is -2.32. The molecule has 0 bridgehead atoms. The first kappa shape index (κ1) is 26.7. The van der Waals surface area contributed by atoms with Gasteiger partial charge in [0.1, 0.15) is 0 Å². The summed E-state index contributed by atoms with van der Waals surface area (Å²) in [6.45, 7) is 4.57. The molecule has 0 radical (unpaired) electrons. The van der Waals surface area contributed by atoms with Gasteiger partial charge in [-0.25, -0.2) is 4.98 Å². The zero-order chi connectivity index (χ0) is 28.2. The van der Waals surface area contributed by atoms with Gasteiger partial charge in [-0.05, 0) is 55.0 Å². The molecular weight excluding hydrogens is 512 g/mol. The number of nitrogens with one attached hydrogen (secondary N) is 1. The molecule has 40 heavy (non-hydrogen) atoms. The number of nitrogens with zero attached hydrogens (tertiary/aromatic N) is 5. The molecule has 11 heteroatoms. The number of fused-ring (bicyclic) bond motifs is 1. The van der Waals surface area contributed by atoms with E-state index in [1.165, 1.54) is 10.6 Å². The van der Waals surface area contributed by atoms with Crippen molar-refractivity contribution in [3.8, 4) is 17.2 Å². The summed E-state index contributed by atoms with van der Waals surface area (Å²) in [5, 5.41) is 3.66. The summed E-state index contributed by atoms with van der Waals surface area (Å²) in [7, 11) is 3.13. The van der Waals surface area contributed by atoms with Crippen LogP contribution in [0.15, 0.2) is 59.4 Å². The SMILES string of the molecule is COc1ccc(CNC(=O)c2ccc(-n3c(=O)ccc4c(C)nc(N5CCN(C=O)CC5)nc43)cc2)cc1OC. The molecule has 5 rings (SSSR count). The van der Waals surface area contributed by atoms with Crippen LogP contribution in [0.2, 0.25) is 0 Å². The van der Waals surface area contributed by atoms with Crippen molar-refractivity contribution in [1.29, 1.82) is 0 Å². The highest BCUT2D eigenvalue weighted by Crippen LogP contribution is 2.27. The van der Waals surface area contributed by atoms with E-state index in [0.29, 0.717) is 67.1 Å². The fourth-order valence-electron chi connectivity index (χ4n) is 4.71. The van der Waals surface area contributed by atoms with Crippen LogP contribution >= 0.6 is 0 Å². The molecule has 1 fully saturated rings. The van der Waals surface area contributed by atoms with Crippen molar-refractivity contribution in [2.75, 3.05) is 45.3 Å². The van der Waals surface area contributed by atoms with Crippen molar-refractivity contribution in [3.63, 3.8) is 0 Å². The highest BCUT2D eigenvalue weighted by atomic mass is 16.5. The predicted octanol–water partition coefficient (Wildman–Crippen LogP) is 2.31. The minimum absolute atomic E-state index is 0.243. The largest absolute Gasteiger partial charge is 0.493 e. The number of aromatic nitrogens is 3. The molecular formula is C29H30N6O5. The second-order valence-electron chi connectivity index (χ2n) is 9.40. The number of hydrogen-bond acceptors (Lipinski definition) is 8. The Morgan fingerprint density at radius 1 is 0.950 bits per heavy atom. The van der Waals surface area contributed by atoms with Gasteiger partial charge in [-0.2, -0.15) is 4.98 Å². The van der Waals surface area contributed by atoms with Gasteiger partial charge in [0, 0.05) is 49.7 Å². The molecule has 1 aliphatic rings. The van der Waals surface area contributed by atoms with Crippen molar-refractivity contribution >= 4 is 29.3 Å². The first-order chi connectivity index (χ1) is 19.4. The molecule has 2 aromatic heterocycles. The third kappa shape index (κ3) is 5.31. The van der Waals surface area contributed by atoms with Crippen LogP contribution in [0.1, 0.15) is 21.6 Å². The van der Waals surface area contributed by atoms with Crippen LogP contribution in [0.25, 0.3) is 16.7 Å². The molecule has 1 saturated heterocycles. The Morgan fingerprint density at radius 3 is 2.35 bits per heavy atom. The van der Waals surface area contributed by atoms with E-state index in [2.05, 4.69) is 10.3 Å². The average molecular weight is 543 g/mol. The summed E-state index contributed by atoms with van der Waals surface area (Å²) in [5.74, 6) is 1.47. The second kappa shape index (κ2) is 11.4. The smallest absolute Gasteiger partial charge is 0.256 e. The number of pyridine rings is 1. The van der Waals surface area contributed by atoms with Crippen LogP contribution in [0.5, 0.6) is 11.5 Å². The molecule has 0 spiro atoms. The minimum Gasteiger partial charge on any atom is -0.493 e.